The Bertz CT molecular complexity index is 288. The van der Waals surface area contributed by atoms with Gasteiger partial charge in [0.25, 0.3) is 0 Å². The molecule has 1 rings (SSSR count). The summed E-state index contributed by atoms with van der Waals surface area (Å²) >= 11 is 0. The van der Waals surface area contributed by atoms with Crippen LogP contribution in [0.25, 0.3) is 0 Å². The normalized spacial score (nSPS) is 14.9. The first-order valence-electron chi connectivity index (χ1n) is 4.71. The second-order valence-electron chi connectivity index (χ2n) is 3.40. The molecule has 2 atom stereocenters. The van der Waals surface area contributed by atoms with Crippen LogP contribution in [0.4, 0.5) is 0 Å². The van der Waals surface area contributed by atoms with E-state index in [0.717, 1.165) is 5.56 Å². The lowest BCUT2D eigenvalue weighted by Crippen LogP contribution is -2.19. The third-order valence-corrected chi connectivity index (χ3v) is 2.37. The molecule has 0 aromatic heterocycles. The van der Waals surface area contributed by atoms with Gasteiger partial charge in [0.2, 0.25) is 0 Å². The van der Waals surface area contributed by atoms with Crippen molar-refractivity contribution in [1.82, 2.24) is 0 Å². The van der Waals surface area contributed by atoms with Crippen LogP contribution in [-0.4, -0.2) is 18.8 Å². The van der Waals surface area contributed by atoms with E-state index in [9.17, 15) is 5.11 Å². The maximum absolute atomic E-state index is 9.94. The molecule has 0 heterocycles. The lowest BCUT2D eigenvalue weighted by atomic mass is 9.97. The van der Waals surface area contributed by atoms with E-state index in [2.05, 4.69) is 0 Å². The Kier molecular flexibility index (Phi) is 3.92. The van der Waals surface area contributed by atoms with Crippen LogP contribution in [-0.2, 0) is 0 Å². The van der Waals surface area contributed by atoms with Gasteiger partial charge in [0.15, 0.2) is 0 Å². The number of nitrogens with two attached hydrogens (primary N) is 1. The Morgan fingerprint density at radius 3 is 2.64 bits per heavy atom. The highest BCUT2D eigenvalue weighted by molar-refractivity contribution is 5.35. The van der Waals surface area contributed by atoms with Crippen LogP contribution in [0.15, 0.2) is 24.3 Å². The fraction of sp³-hybridized carbons (Fsp3) is 0.455. The summed E-state index contributed by atoms with van der Waals surface area (Å²) in [4.78, 5) is 0. The molecule has 1 aromatic rings. The maximum atomic E-state index is 9.94. The number of aliphatic hydroxyl groups is 1. The van der Waals surface area contributed by atoms with Crippen molar-refractivity contribution in [2.24, 2.45) is 11.7 Å². The molecule has 0 aliphatic rings. The molecule has 3 nitrogen and oxygen atoms in total. The van der Waals surface area contributed by atoms with Crippen molar-refractivity contribution in [2.75, 3.05) is 13.7 Å². The van der Waals surface area contributed by atoms with E-state index in [1.807, 2.05) is 31.2 Å². The quantitative estimate of drug-likeness (QED) is 0.762. The second kappa shape index (κ2) is 4.98. The third-order valence-electron chi connectivity index (χ3n) is 2.37. The highest BCUT2D eigenvalue weighted by Crippen LogP contribution is 2.28. The van der Waals surface area contributed by atoms with Crippen LogP contribution in [0, 0.1) is 5.92 Å². The van der Waals surface area contributed by atoms with E-state index in [1.54, 1.807) is 7.11 Å². The Morgan fingerprint density at radius 2 is 2.07 bits per heavy atom. The maximum Gasteiger partial charge on any atom is 0.124 e. The average molecular weight is 195 g/mol. The van der Waals surface area contributed by atoms with Crippen LogP contribution in [0.1, 0.15) is 18.6 Å². The summed E-state index contributed by atoms with van der Waals surface area (Å²) in [5.41, 5.74) is 6.30. The van der Waals surface area contributed by atoms with Crippen molar-refractivity contribution in [3.05, 3.63) is 29.8 Å². The topological polar surface area (TPSA) is 55.5 Å². The van der Waals surface area contributed by atoms with E-state index in [0.29, 0.717) is 12.3 Å². The summed E-state index contributed by atoms with van der Waals surface area (Å²) in [5, 5.41) is 9.94. The van der Waals surface area contributed by atoms with Gasteiger partial charge in [-0.15, -0.1) is 0 Å². The zero-order valence-electron chi connectivity index (χ0n) is 8.60. The number of aliphatic hydroxyl groups excluding tert-OH is 1. The number of ether oxygens (including phenoxy) is 1. The number of rotatable bonds is 4. The predicted molar refractivity (Wildman–Crippen MR) is 56.2 cm³/mol. The predicted octanol–water partition coefficient (Wildman–Crippen LogP) is 1.32. The van der Waals surface area contributed by atoms with E-state index in [-0.39, 0.29) is 5.92 Å². The van der Waals surface area contributed by atoms with E-state index >= 15 is 0 Å². The minimum Gasteiger partial charge on any atom is -0.496 e. The Hall–Kier alpha value is -1.06. The Balaban J connectivity index is 2.93. The van der Waals surface area contributed by atoms with Crippen LogP contribution in [0.5, 0.6) is 5.75 Å². The molecule has 0 bridgehead atoms. The van der Waals surface area contributed by atoms with Gasteiger partial charge < -0.3 is 15.6 Å². The average Bonchev–Trinajstić information content (AvgIpc) is 2.26. The monoisotopic (exact) mass is 195 g/mol. The Morgan fingerprint density at radius 1 is 1.43 bits per heavy atom. The lowest BCUT2D eigenvalue weighted by Gasteiger charge is -2.19. The first-order valence-corrected chi connectivity index (χ1v) is 4.71. The second-order valence-corrected chi connectivity index (χ2v) is 3.40. The van der Waals surface area contributed by atoms with Gasteiger partial charge in [0, 0.05) is 5.56 Å². The minimum atomic E-state index is -0.559. The van der Waals surface area contributed by atoms with Crippen molar-refractivity contribution in [2.45, 2.75) is 13.0 Å². The van der Waals surface area contributed by atoms with Crippen molar-refractivity contribution in [1.29, 1.82) is 0 Å². The smallest absolute Gasteiger partial charge is 0.124 e. The van der Waals surface area contributed by atoms with Crippen molar-refractivity contribution in [3.63, 3.8) is 0 Å². The van der Waals surface area contributed by atoms with E-state index < -0.39 is 6.10 Å². The molecular weight excluding hydrogens is 178 g/mol. The summed E-state index contributed by atoms with van der Waals surface area (Å²) in [7, 11) is 1.60. The fourth-order valence-electron chi connectivity index (χ4n) is 1.35. The molecule has 14 heavy (non-hydrogen) atoms. The molecular formula is C11H17NO2. The summed E-state index contributed by atoms with van der Waals surface area (Å²) in [6.07, 6.45) is -0.559. The van der Waals surface area contributed by atoms with Gasteiger partial charge >= 0.3 is 0 Å². The molecule has 0 aliphatic carbocycles. The zero-order valence-corrected chi connectivity index (χ0v) is 8.60. The molecule has 0 spiro atoms. The summed E-state index contributed by atoms with van der Waals surface area (Å²) < 4.78 is 5.16. The third kappa shape index (κ3) is 2.25. The summed E-state index contributed by atoms with van der Waals surface area (Å²) in [5.74, 6) is 0.742. The molecule has 3 N–H and O–H groups in total. The molecule has 78 valence electrons. The molecule has 0 fully saturated rings. The number of para-hydroxylation sites is 1. The van der Waals surface area contributed by atoms with Gasteiger partial charge in [-0.3, -0.25) is 0 Å². The van der Waals surface area contributed by atoms with Gasteiger partial charge in [0.1, 0.15) is 5.75 Å². The van der Waals surface area contributed by atoms with Crippen molar-refractivity contribution in [3.8, 4) is 5.75 Å². The van der Waals surface area contributed by atoms with Crippen LogP contribution in [0.3, 0.4) is 0 Å². The zero-order chi connectivity index (χ0) is 10.6. The summed E-state index contributed by atoms with van der Waals surface area (Å²) in [6, 6.07) is 7.45. The van der Waals surface area contributed by atoms with Crippen LogP contribution >= 0.6 is 0 Å². The van der Waals surface area contributed by atoms with E-state index in [4.69, 9.17) is 10.5 Å². The molecule has 0 amide bonds. The number of hydrogen-bond donors (Lipinski definition) is 2. The molecule has 0 saturated heterocycles. The molecule has 0 saturated carbocycles. The van der Waals surface area contributed by atoms with Crippen LogP contribution < -0.4 is 10.5 Å². The van der Waals surface area contributed by atoms with Gasteiger partial charge in [0.05, 0.1) is 13.2 Å². The number of hydrogen-bond acceptors (Lipinski definition) is 3. The molecule has 0 radical (unpaired) electrons. The first-order chi connectivity index (χ1) is 6.70. The highest BCUT2D eigenvalue weighted by atomic mass is 16.5. The molecule has 0 aliphatic heterocycles. The number of methoxy groups -OCH3 is 1. The largest absolute Gasteiger partial charge is 0.496 e. The molecule has 1 aromatic carbocycles. The summed E-state index contributed by atoms with van der Waals surface area (Å²) in [6.45, 7) is 2.37. The van der Waals surface area contributed by atoms with Crippen molar-refractivity contribution >= 4 is 0 Å². The first kappa shape index (κ1) is 11.0. The number of benzene rings is 1. The van der Waals surface area contributed by atoms with Crippen LogP contribution in [0.2, 0.25) is 0 Å². The lowest BCUT2D eigenvalue weighted by molar-refractivity contribution is 0.118. The van der Waals surface area contributed by atoms with E-state index in [1.165, 1.54) is 0 Å². The molecule has 3 heteroatoms. The van der Waals surface area contributed by atoms with Gasteiger partial charge in [-0.1, -0.05) is 25.1 Å². The standard InChI is InChI=1S/C11H17NO2/c1-8(7-12)11(13)9-5-3-4-6-10(9)14-2/h3-6,8,11,13H,7,12H2,1-2H3. The SMILES string of the molecule is COc1ccccc1C(O)C(C)CN. The van der Waals surface area contributed by atoms with Crippen molar-refractivity contribution < 1.29 is 9.84 Å². The minimum absolute atomic E-state index is 0.0336. The van der Waals surface area contributed by atoms with Gasteiger partial charge in [-0.2, -0.15) is 0 Å². The Labute approximate surface area is 84.5 Å². The molecule has 2 unspecified atom stereocenters. The fourth-order valence-corrected chi connectivity index (χ4v) is 1.35. The highest BCUT2D eigenvalue weighted by Gasteiger charge is 2.18. The van der Waals surface area contributed by atoms with Gasteiger partial charge in [-0.05, 0) is 18.5 Å². The van der Waals surface area contributed by atoms with Gasteiger partial charge in [-0.25, -0.2) is 0 Å².